The lowest BCUT2D eigenvalue weighted by atomic mass is 10.1. The van der Waals surface area contributed by atoms with Crippen LogP contribution >= 0.6 is 0 Å². The van der Waals surface area contributed by atoms with Crippen molar-refractivity contribution < 1.29 is 0 Å². The minimum absolute atomic E-state index is 0.601. The molecule has 2 aromatic heterocycles. The molecule has 0 aliphatic rings. The van der Waals surface area contributed by atoms with Gasteiger partial charge in [0.15, 0.2) is 0 Å². The molecular weight excluding hydrogens is 212 g/mol. The zero-order chi connectivity index (χ0) is 12.3. The fraction of sp³-hybridized carbons (Fsp3) is 0.308. The molecule has 4 heteroatoms. The molecule has 2 heterocycles. The Morgan fingerprint density at radius 1 is 1.18 bits per heavy atom. The van der Waals surface area contributed by atoms with Crippen molar-refractivity contribution in [1.29, 1.82) is 0 Å². The van der Waals surface area contributed by atoms with E-state index in [1.807, 2.05) is 19.1 Å². The van der Waals surface area contributed by atoms with Crippen molar-refractivity contribution in [3.05, 3.63) is 47.2 Å². The molecule has 2 N–H and O–H groups in total. The molecule has 2 aromatic rings. The lowest BCUT2D eigenvalue weighted by molar-refractivity contribution is 0.911. The first kappa shape index (κ1) is 11.5. The maximum atomic E-state index is 5.92. The van der Waals surface area contributed by atoms with Gasteiger partial charge in [-0.15, -0.1) is 0 Å². The van der Waals surface area contributed by atoms with E-state index in [9.17, 15) is 0 Å². The molecule has 0 bridgehead atoms. The standard InChI is InChI=1S/C13H16N4/c1-3-11-9(2)16-12(17-13(11)14)8-10-4-6-15-7-5-10/h4-7H,3,8H2,1-2H3,(H2,14,16,17). The van der Waals surface area contributed by atoms with Crippen molar-refractivity contribution in [1.82, 2.24) is 15.0 Å². The number of hydrogen-bond donors (Lipinski definition) is 1. The van der Waals surface area contributed by atoms with Crippen LogP contribution in [0.3, 0.4) is 0 Å². The third-order valence-electron chi connectivity index (χ3n) is 2.76. The zero-order valence-corrected chi connectivity index (χ0v) is 10.1. The van der Waals surface area contributed by atoms with Crippen molar-refractivity contribution in [2.75, 3.05) is 5.73 Å². The van der Waals surface area contributed by atoms with Gasteiger partial charge in [0.1, 0.15) is 11.6 Å². The second-order valence-corrected chi connectivity index (χ2v) is 3.97. The van der Waals surface area contributed by atoms with Crippen LogP contribution in [0.1, 0.15) is 29.6 Å². The second kappa shape index (κ2) is 4.91. The fourth-order valence-corrected chi connectivity index (χ4v) is 1.88. The molecule has 0 amide bonds. The fourth-order valence-electron chi connectivity index (χ4n) is 1.88. The molecule has 0 atom stereocenters. The highest BCUT2D eigenvalue weighted by Gasteiger charge is 2.07. The van der Waals surface area contributed by atoms with E-state index in [0.29, 0.717) is 12.2 Å². The van der Waals surface area contributed by atoms with Crippen LogP contribution in [-0.2, 0) is 12.8 Å². The molecule has 4 nitrogen and oxygen atoms in total. The van der Waals surface area contributed by atoms with E-state index in [4.69, 9.17) is 5.73 Å². The Kier molecular flexibility index (Phi) is 3.32. The number of aromatic nitrogens is 3. The van der Waals surface area contributed by atoms with Crippen LogP contribution in [0.4, 0.5) is 5.82 Å². The smallest absolute Gasteiger partial charge is 0.135 e. The molecule has 0 aromatic carbocycles. The van der Waals surface area contributed by atoms with E-state index in [2.05, 4.69) is 21.9 Å². The summed E-state index contributed by atoms with van der Waals surface area (Å²) >= 11 is 0. The third kappa shape index (κ3) is 2.58. The Labute approximate surface area is 101 Å². The SMILES string of the molecule is CCc1c(C)nc(Cc2ccncc2)nc1N. The number of pyridine rings is 1. The summed E-state index contributed by atoms with van der Waals surface area (Å²) in [6.45, 7) is 4.04. The van der Waals surface area contributed by atoms with Crippen LogP contribution in [-0.4, -0.2) is 15.0 Å². The van der Waals surface area contributed by atoms with Crippen molar-refractivity contribution in [3.8, 4) is 0 Å². The van der Waals surface area contributed by atoms with Crippen molar-refractivity contribution in [3.63, 3.8) is 0 Å². The molecule has 0 saturated heterocycles. The highest BCUT2D eigenvalue weighted by Crippen LogP contribution is 2.15. The van der Waals surface area contributed by atoms with Crippen molar-refractivity contribution in [2.45, 2.75) is 26.7 Å². The van der Waals surface area contributed by atoms with Crippen LogP contribution in [0, 0.1) is 6.92 Å². The number of nitrogens with zero attached hydrogens (tertiary/aromatic N) is 3. The highest BCUT2D eigenvalue weighted by molar-refractivity contribution is 5.42. The van der Waals surface area contributed by atoms with Crippen molar-refractivity contribution >= 4 is 5.82 Å². The lowest BCUT2D eigenvalue weighted by Crippen LogP contribution is -2.07. The minimum Gasteiger partial charge on any atom is -0.383 e. The molecule has 0 spiro atoms. The summed E-state index contributed by atoms with van der Waals surface area (Å²) in [4.78, 5) is 12.8. The maximum Gasteiger partial charge on any atom is 0.135 e. The molecule has 17 heavy (non-hydrogen) atoms. The highest BCUT2D eigenvalue weighted by atomic mass is 14.9. The predicted molar refractivity (Wildman–Crippen MR) is 67.6 cm³/mol. The Morgan fingerprint density at radius 3 is 2.47 bits per heavy atom. The normalized spacial score (nSPS) is 10.5. The van der Waals surface area contributed by atoms with Gasteiger partial charge in [0, 0.05) is 30.1 Å². The molecule has 88 valence electrons. The summed E-state index contributed by atoms with van der Waals surface area (Å²) in [5, 5.41) is 0. The third-order valence-corrected chi connectivity index (χ3v) is 2.76. The van der Waals surface area contributed by atoms with Gasteiger partial charge in [-0.25, -0.2) is 9.97 Å². The summed E-state index contributed by atoms with van der Waals surface area (Å²) in [5.41, 5.74) is 9.09. The molecular formula is C13H16N4. The largest absolute Gasteiger partial charge is 0.383 e. The van der Waals surface area contributed by atoms with E-state index in [1.165, 1.54) is 0 Å². The minimum atomic E-state index is 0.601. The lowest BCUT2D eigenvalue weighted by Gasteiger charge is -2.08. The summed E-state index contributed by atoms with van der Waals surface area (Å²) in [6, 6.07) is 3.92. The Bertz CT molecular complexity index is 485. The monoisotopic (exact) mass is 228 g/mol. The Balaban J connectivity index is 2.29. The van der Waals surface area contributed by atoms with Gasteiger partial charge in [0.2, 0.25) is 0 Å². The first-order valence-electron chi connectivity index (χ1n) is 5.71. The molecule has 0 aliphatic carbocycles. The van der Waals surface area contributed by atoms with Gasteiger partial charge in [0.05, 0.1) is 0 Å². The van der Waals surface area contributed by atoms with Crippen LogP contribution in [0.25, 0.3) is 0 Å². The van der Waals surface area contributed by atoms with Gasteiger partial charge in [-0.3, -0.25) is 4.98 Å². The first-order valence-corrected chi connectivity index (χ1v) is 5.71. The van der Waals surface area contributed by atoms with Crippen LogP contribution < -0.4 is 5.73 Å². The van der Waals surface area contributed by atoms with Gasteiger partial charge in [0.25, 0.3) is 0 Å². The van der Waals surface area contributed by atoms with E-state index in [-0.39, 0.29) is 0 Å². The molecule has 0 unspecified atom stereocenters. The number of rotatable bonds is 3. The summed E-state index contributed by atoms with van der Waals surface area (Å²) < 4.78 is 0. The number of anilines is 1. The van der Waals surface area contributed by atoms with Gasteiger partial charge >= 0.3 is 0 Å². The quantitative estimate of drug-likeness (QED) is 0.871. The second-order valence-electron chi connectivity index (χ2n) is 3.97. The average molecular weight is 228 g/mol. The molecule has 0 aliphatic heterocycles. The summed E-state index contributed by atoms with van der Waals surface area (Å²) in [7, 11) is 0. The first-order chi connectivity index (χ1) is 8.20. The molecule has 0 fully saturated rings. The van der Waals surface area contributed by atoms with Crippen LogP contribution in [0.5, 0.6) is 0 Å². The number of hydrogen-bond acceptors (Lipinski definition) is 4. The topological polar surface area (TPSA) is 64.7 Å². The van der Waals surface area contributed by atoms with Gasteiger partial charge < -0.3 is 5.73 Å². The number of aryl methyl sites for hydroxylation is 1. The average Bonchev–Trinajstić information content (AvgIpc) is 2.30. The Hall–Kier alpha value is -1.97. The number of nitrogen functional groups attached to an aromatic ring is 1. The van der Waals surface area contributed by atoms with E-state index in [0.717, 1.165) is 29.1 Å². The molecule has 0 radical (unpaired) electrons. The van der Waals surface area contributed by atoms with E-state index in [1.54, 1.807) is 12.4 Å². The Morgan fingerprint density at radius 2 is 1.88 bits per heavy atom. The van der Waals surface area contributed by atoms with Gasteiger partial charge in [-0.05, 0) is 31.0 Å². The zero-order valence-electron chi connectivity index (χ0n) is 10.1. The van der Waals surface area contributed by atoms with Gasteiger partial charge in [-0.1, -0.05) is 6.92 Å². The maximum absolute atomic E-state index is 5.92. The molecule has 0 saturated carbocycles. The van der Waals surface area contributed by atoms with E-state index >= 15 is 0 Å². The molecule has 2 rings (SSSR count). The van der Waals surface area contributed by atoms with E-state index < -0.39 is 0 Å². The number of nitrogens with two attached hydrogens (primary N) is 1. The van der Waals surface area contributed by atoms with Crippen LogP contribution in [0.15, 0.2) is 24.5 Å². The van der Waals surface area contributed by atoms with Gasteiger partial charge in [-0.2, -0.15) is 0 Å². The van der Waals surface area contributed by atoms with Crippen molar-refractivity contribution in [2.24, 2.45) is 0 Å². The summed E-state index contributed by atoms with van der Waals surface area (Å²) in [6.07, 6.45) is 5.10. The summed E-state index contributed by atoms with van der Waals surface area (Å²) in [5.74, 6) is 1.37. The van der Waals surface area contributed by atoms with Crippen LogP contribution in [0.2, 0.25) is 0 Å². The predicted octanol–water partition coefficient (Wildman–Crippen LogP) is 1.92.